The lowest BCUT2D eigenvalue weighted by Gasteiger charge is -2.25. The number of hydrogen-bond acceptors (Lipinski definition) is 1. The molecule has 3 heteroatoms. The molecule has 0 aliphatic heterocycles. The highest BCUT2D eigenvalue weighted by Gasteiger charge is 2.27. The summed E-state index contributed by atoms with van der Waals surface area (Å²) in [6, 6.07) is 5.80. The van der Waals surface area contributed by atoms with Crippen LogP contribution in [-0.4, -0.2) is 5.54 Å². The molecular formula is C13H17Cl2N. The molecule has 2 rings (SSSR count). The second-order valence-corrected chi connectivity index (χ2v) is 5.62. The third kappa shape index (κ3) is 2.71. The van der Waals surface area contributed by atoms with E-state index in [4.69, 9.17) is 23.2 Å². The van der Waals surface area contributed by atoms with Crippen molar-refractivity contribution in [3.05, 3.63) is 33.8 Å². The van der Waals surface area contributed by atoms with Gasteiger partial charge in [0.2, 0.25) is 0 Å². The van der Waals surface area contributed by atoms with Gasteiger partial charge in [-0.3, -0.25) is 0 Å². The van der Waals surface area contributed by atoms with E-state index in [1.165, 1.54) is 25.7 Å². The number of benzene rings is 1. The van der Waals surface area contributed by atoms with Gasteiger partial charge in [-0.1, -0.05) is 48.2 Å². The summed E-state index contributed by atoms with van der Waals surface area (Å²) in [5, 5.41) is 4.91. The van der Waals surface area contributed by atoms with Crippen molar-refractivity contribution in [2.24, 2.45) is 0 Å². The predicted molar refractivity (Wildman–Crippen MR) is 70.2 cm³/mol. The van der Waals surface area contributed by atoms with Gasteiger partial charge in [0.1, 0.15) is 0 Å². The first-order valence-electron chi connectivity index (χ1n) is 5.79. The molecule has 1 fully saturated rings. The van der Waals surface area contributed by atoms with E-state index in [9.17, 15) is 0 Å². The Balaban J connectivity index is 2.02. The van der Waals surface area contributed by atoms with Crippen molar-refractivity contribution in [1.29, 1.82) is 0 Å². The van der Waals surface area contributed by atoms with Crippen molar-refractivity contribution in [3.63, 3.8) is 0 Å². The number of nitrogens with one attached hydrogen (secondary N) is 1. The molecule has 1 aliphatic rings. The molecule has 0 saturated heterocycles. The van der Waals surface area contributed by atoms with Crippen LogP contribution in [0.15, 0.2) is 18.2 Å². The van der Waals surface area contributed by atoms with Crippen LogP contribution in [0.1, 0.15) is 38.2 Å². The highest BCUT2D eigenvalue weighted by atomic mass is 35.5. The van der Waals surface area contributed by atoms with Gasteiger partial charge in [0.05, 0.1) is 10.0 Å². The molecular weight excluding hydrogens is 241 g/mol. The molecule has 1 aromatic carbocycles. The molecule has 0 spiro atoms. The van der Waals surface area contributed by atoms with Crippen molar-refractivity contribution in [2.75, 3.05) is 0 Å². The van der Waals surface area contributed by atoms with Gasteiger partial charge in [-0.2, -0.15) is 0 Å². The summed E-state index contributed by atoms with van der Waals surface area (Å²) >= 11 is 12.1. The Morgan fingerprint density at radius 2 is 1.94 bits per heavy atom. The average Bonchev–Trinajstić information content (AvgIpc) is 2.68. The predicted octanol–water partition coefficient (Wildman–Crippen LogP) is 4.42. The SMILES string of the molecule is CC1(NCc2cccc(Cl)c2Cl)CCCC1. The molecule has 16 heavy (non-hydrogen) atoms. The number of halogens is 2. The Hall–Kier alpha value is -0.240. The maximum Gasteiger partial charge on any atom is 0.0637 e. The Labute approximate surface area is 107 Å². The van der Waals surface area contributed by atoms with E-state index in [1.807, 2.05) is 18.2 Å². The fourth-order valence-corrected chi connectivity index (χ4v) is 2.71. The van der Waals surface area contributed by atoms with Gasteiger partial charge in [-0.15, -0.1) is 0 Å². The molecule has 1 saturated carbocycles. The molecule has 1 aliphatic carbocycles. The van der Waals surface area contributed by atoms with E-state index in [0.29, 0.717) is 10.0 Å². The van der Waals surface area contributed by atoms with E-state index >= 15 is 0 Å². The molecule has 0 atom stereocenters. The first-order chi connectivity index (χ1) is 7.61. The third-order valence-corrected chi connectivity index (χ3v) is 4.30. The highest BCUT2D eigenvalue weighted by molar-refractivity contribution is 6.42. The van der Waals surface area contributed by atoms with Crippen LogP contribution in [-0.2, 0) is 6.54 Å². The smallest absolute Gasteiger partial charge is 0.0637 e. The van der Waals surface area contributed by atoms with Crippen LogP contribution in [0.2, 0.25) is 10.0 Å². The fraction of sp³-hybridized carbons (Fsp3) is 0.538. The van der Waals surface area contributed by atoms with E-state index in [2.05, 4.69) is 12.2 Å². The fourth-order valence-electron chi connectivity index (χ4n) is 2.33. The average molecular weight is 258 g/mol. The van der Waals surface area contributed by atoms with Crippen LogP contribution in [0.25, 0.3) is 0 Å². The van der Waals surface area contributed by atoms with Crippen LogP contribution in [0, 0.1) is 0 Å². The van der Waals surface area contributed by atoms with Gasteiger partial charge in [-0.05, 0) is 31.4 Å². The normalized spacial score (nSPS) is 18.9. The van der Waals surface area contributed by atoms with Crippen molar-refractivity contribution in [3.8, 4) is 0 Å². The second-order valence-electron chi connectivity index (χ2n) is 4.83. The summed E-state index contributed by atoms with van der Waals surface area (Å²) in [5.74, 6) is 0. The minimum Gasteiger partial charge on any atom is -0.307 e. The van der Waals surface area contributed by atoms with Crippen LogP contribution in [0.3, 0.4) is 0 Å². The highest BCUT2D eigenvalue weighted by Crippen LogP contribution is 2.30. The van der Waals surface area contributed by atoms with Gasteiger partial charge in [0.15, 0.2) is 0 Å². The summed E-state index contributed by atoms with van der Waals surface area (Å²) in [4.78, 5) is 0. The van der Waals surface area contributed by atoms with Crippen LogP contribution < -0.4 is 5.32 Å². The zero-order valence-corrected chi connectivity index (χ0v) is 11.0. The summed E-state index contributed by atoms with van der Waals surface area (Å²) in [6.45, 7) is 3.09. The van der Waals surface area contributed by atoms with Crippen LogP contribution in [0.5, 0.6) is 0 Å². The third-order valence-electron chi connectivity index (χ3n) is 3.44. The Morgan fingerprint density at radius 3 is 2.62 bits per heavy atom. The van der Waals surface area contributed by atoms with Gasteiger partial charge >= 0.3 is 0 Å². The first-order valence-corrected chi connectivity index (χ1v) is 6.54. The van der Waals surface area contributed by atoms with E-state index in [1.54, 1.807) is 0 Å². The van der Waals surface area contributed by atoms with Crippen molar-refractivity contribution in [1.82, 2.24) is 5.32 Å². The molecule has 0 amide bonds. The van der Waals surface area contributed by atoms with E-state index < -0.39 is 0 Å². The summed E-state index contributed by atoms with van der Waals surface area (Å²) in [5.41, 5.74) is 1.37. The molecule has 1 aromatic rings. The molecule has 0 unspecified atom stereocenters. The second kappa shape index (κ2) is 4.95. The van der Waals surface area contributed by atoms with E-state index in [-0.39, 0.29) is 5.54 Å². The van der Waals surface area contributed by atoms with Gasteiger partial charge in [0, 0.05) is 12.1 Å². The maximum absolute atomic E-state index is 6.15. The lowest BCUT2D eigenvalue weighted by atomic mass is 10.0. The number of hydrogen-bond donors (Lipinski definition) is 1. The minimum absolute atomic E-state index is 0.283. The molecule has 0 aromatic heterocycles. The molecule has 88 valence electrons. The van der Waals surface area contributed by atoms with Crippen molar-refractivity contribution < 1.29 is 0 Å². The Bertz CT molecular complexity index is 370. The molecule has 0 heterocycles. The zero-order valence-electron chi connectivity index (χ0n) is 9.52. The Morgan fingerprint density at radius 1 is 1.25 bits per heavy atom. The van der Waals surface area contributed by atoms with Crippen LogP contribution in [0.4, 0.5) is 0 Å². The molecule has 0 radical (unpaired) electrons. The largest absolute Gasteiger partial charge is 0.307 e. The van der Waals surface area contributed by atoms with Crippen molar-refractivity contribution in [2.45, 2.75) is 44.7 Å². The van der Waals surface area contributed by atoms with Gasteiger partial charge in [-0.25, -0.2) is 0 Å². The van der Waals surface area contributed by atoms with Gasteiger partial charge in [0.25, 0.3) is 0 Å². The van der Waals surface area contributed by atoms with E-state index in [0.717, 1.165) is 12.1 Å². The zero-order chi connectivity index (χ0) is 11.6. The summed E-state index contributed by atoms with van der Waals surface area (Å²) < 4.78 is 0. The lowest BCUT2D eigenvalue weighted by molar-refractivity contribution is 0.363. The Kier molecular flexibility index (Phi) is 3.78. The number of rotatable bonds is 3. The quantitative estimate of drug-likeness (QED) is 0.846. The van der Waals surface area contributed by atoms with Crippen LogP contribution >= 0.6 is 23.2 Å². The van der Waals surface area contributed by atoms with Gasteiger partial charge < -0.3 is 5.32 Å². The standard InChI is InChI=1S/C13H17Cl2N/c1-13(7-2-3-8-13)16-9-10-5-4-6-11(14)12(10)15/h4-6,16H,2-3,7-9H2,1H3. The minimum atomic E-state index is 0.283. The topological polar surface area (TPSA) is 12.0 Å². The summed E-state index contributed by atoms with van der Waals surface area (Å²) in [7, 11) is 0. The molecule has 0 bridgehead atoms. The summed E-state index contributed by atoms with van der Waals surface area (Å²) in [6.07, 6.45) is 5.16. The first kappa shape index (κ1) is 12.2. The monoisotopic (exact) mass is 257 g/mol. The van der Waals surface area contributed by atoms with Crippen molar-refractivity contribution >= 4 is 23.2 Å². The molecule has 1 N–H and O–H groups in total. The lowest BCUT2D eigenvalue weighted by Crippen LogP contribution is -2.38. The molecule has 1 nitrogen and oxygen atoms in total. The maximum atomic E-state index is 6.15.